The first-order valence-corrected chi connectivity index (χ1v) is 25.8. The molecule has 358 valence electrons. The van der Waals surface area contributed by atoms with Crippen molar-refractivity contribution >= 4 is 5.91 Å². The van der Waals surface area contributed by atoms with Crippen molar-refractivity contribution in [3.05, 3.63) is 0 Å². The summed E-state index contributed by atoms with van der Waals surface area (Å²) in [7, 11) is 0. The molecule has 0 bridgehead atoms. The maximum Gasteiger partial charge on any atom is 0.220 e. The van der Waals surface area contributed by atoms with Gasteiger partial charge in [0, 0.05) is 6.42 Å². The molecule has 1 fully saturated rings. The van der Waals surface area contributed by atoms with Crippen LogP contribution in [-0.2, 0) is 14.3 Å². The van der Waals surface area contributed by atoms with Crippen LogP contribution in [0.4, 0.5) is 0 Å². The minimum Gasteiger partial charge on any atom is -0.394 e. The fourth-order valence-corrected chi connectivity index (χ4v) is 8.61. The number of hydrogen-bond donors (Lipinski definition) is 7. The molecule has 0 aliphatic carbocycles. The highest BCUT2D eigenvalue weighted by Crippen LogP contribution is 2.23. The lowest BCUT2D eigenvalue weighted by Crippen LogP contribution is -2.60. The minimum absolute atomic E-state index is 0.252. The van der Waals surface area contributed by atoms with Crippen LogP contribution in [0.5, 0.6) is 0 Å². The third-order valence-electron chi connectivity index (χ3n) is 12.8. The standard InChI is InChI=1S/C50H99NO9/c1-3-5-7-9-11-13-15-17-19-20-21-22-23-25-27-29-31-33-35-37-39-45(54)51-42(41-59-50-49(58)48(57)47(56)44(40-52)60-50)46(55)43(53)38-36-34-32-30-28-26-24-18-16-14-12-10-8-6-4-2/h42-44,46-50,52-53,55-58H,3-41H2,1-2H3,(H,51,54)/t42-,43+,44+,46-,47-,48?,49?,50+/m0/s1. The Morgan fingerprint density at radius 1 is 0.517 bits per heavy atom. The highest BCUT2D eigenvalue weighted by atomic mass is 16.7. The van der Waals surface area contributed by atoms with Crippen molar-refractivity contribution in [2.24, 2.45) is 0 Å². The Kier molecular flexibility index (Phi) is 39.0. The highest BCUT2D eigenvalue weighted by Gasteiger charge is 2.44. The van der Waals surface area contributed by atoms with Crippen LogP contribution in [0.25, 0.3) is 0 Å². The van der Waals surface area contributed by atoms with Crippen LogP contribution in [0.2, 0.25) is 0 Å². The summed E-state index contributed by atoms with van der Waals surface area (Å²) < 4.78 is 11.2. The predicted octanol–water partition coefficient (Wildman–Crippen LogP) is 10.5. The first kappa shape index (κ1) is 57.2. The Labute approximate surface area is 368 Å². The number of nitrogens with one attached hydrogen (secondary N) is 1. The Bertz CT molecular complexity index is 926. The van der Waals surface area contributed by atoms with Crippen molar-refractivity contribution < 1.29 is 44.9 Å². The summed E-state index contributed by atoms with van der Waals surface area (Å²) in [6, 6.07) is -0.985. The molecule has 7 N–H and O–H groups in total. The van der Waals surface area contributed by atoms with E-state index in [4.69, 9.17) is 9.47 Å². The molecule has 1 aliphatic rings. The second kappa shape index (κ2) is 40.9. The van der Waals surface area contributed by atoms with Gasteiger partial charge in [-0.05, 0) is 12.8 Å². The summed E-state index contributed by atoms with van der Waals surface area (Å²) >= 11 is 0. The minimum atomic E-state index is -1.60. The molecular weight excluding hydrogens is 759 g/mol. The predicted molar refractivity (Wildman–Crippen MR) is 246 cm³/mol. The van der Waals surface area contributed by atoms with Gasteiger partial charge in [0.2, 0.25) is 5.91 Å². The molecule has 0 saturated carbocycles. The average molecular weight is 858 g/mol. The van der Waals surface area contributed by atoms with Gasteiger partial charge in [-0.15, -0.1) is 0 Å². The van der Waals surface area contributed by atoms with Gasteiger partial charge in [0.05, 0.1) is 25.4 Å². The van der Waals surface area contributed by atoms with Gasteiger partial charge >= 0.3 is 0 Å². The van der Waals surface area contributed by atoms with E-state index in [0.29, 0.717) is 6.42 Å². The van der Waals surface area contributed by atoms with Crippen molar-refractivity contribution in [3.8, 4) is 0 Å². The number of carbonyl (C=O) groups is 1. The molecule has 0 spiro atoms. The van der Waals surface area contributed by atoms with Gasteiger partial charge in [-0.2, -0.15) is 0 Å². The Morgan fingerprint density at radius 3 is 1.23 bits per heavy atom. The van der Waals surface area contributed by atoms with E-state index in [9.17, 15) is 35.4 Å². The van der Waals surface area contributed by atoms with Crippen molar-refractivity contribution in [2.75, 3.05) is 13.2 Å². The molecule has 1 aliphatic heterocycles. The molecule has 10 nitrogen and oxygen atoms in total. The van der Waals surface area contributed by atoms with Gasteiger partial charge in [-0.3, -0.25) is 4.79 Å². The van der Waals surface area contributed by atoms with Gasteiger partial charge < -0.3 is 45.4 Å². The number of carbonyl (C=O) groups excluding carboxylic acids is 1. The van der Waals surface area contributed by atoms with E-state index in [0.717, 1.165) is 38.5 Å². The first-order valence-electron chi connectivity index (χ1n) is 25.8. The van der Waals surface area contributed by atoms with E-state index in [1.165, 1.54) is 186 Å². The Hall–Kier alpha value is -0.850. The van der Waals surface area contributed by atoms with Gasteiger partial charge in [0.15, 0.2) is 6.29 Å². The number of aliphatic hydroxyl groups excluding tert-OH is 6. The SMILES string of the molecule is CCCCCCCCCCCCCCCCCCCCCCC(=O)N[C@@H](CO[C@@H]1O[C@H](CO)[C@H](O)C(O)C1O)[C@H](O)[C@H](O)CCCCCCCCCCCCCCCCC. The molecule has 0 aromatic heterocycles. The summed E-state index contributed by atoms with van der Waals surface area (Å²) in [5.74, 6) is -0.252. The number of hydrogen-bond acceptors (Lipinski definition) is 9. The van der Waals surface area contributed by atoms with E-state index < -0.39 is 55.6 Å². The zero-order valence-electron chi connectivity index (χ0n) is 39.1. The van der Waals surface area contributed by atoms with Crippen LogP contribution in [0.15, 0.2) is 0 Å². The summed E-state index contributed by atoms with van der Waals surface area (Å²) in [4.78, 5) is 13.0. The lowest BCUT2D eigenvalue weighted by atomic mass is 9.98. The maximum absolute atomic E-state index is 13.0. The first-order chi connectivity index (χ1) is 29.3. The fraction of sp³-hybridized carbons (Fsp3) is 0.980. The van der Waals surface area contributed by atoms with Gasteiger partial charge in [0.25, 0.3) is 0 Å². The van der Waals surface area contributed by atoms with Crippen molar-refractivity contribution in [2.45, 2.75) is 300 Å². The lowest BCUT2D eigenvalue weighted by Gasteiger charge is -2.40. The van der Waals surface area contributed by atoms with Crippen molar-refractivity contribution in [1.29, 1.82) is 0 Å². The molecular formula is C50H99NO9. The number of aliphatic hydroxyl groups is 6. The number of rotatable bonds is 44. The number of ether oxygens (including phenoxy) is 2. The largest absolute Gasteiger partial charge is 0.394 e. The third kappa shape index (κ3) is 30.3. The average Bonchev–Trinajstić information content (AvgIpc) is 3.25. The molecule has 0 aromatic carbocycles. The molecule has 8 atom stereocenters. The van der Waals surface area contributed by atoms with Crippen LogP contribution in [-0.4, -0.2) is 98.7 Å². The molecule has 1 amide bonds. The second-order valence-corrected chi connectivity index (χ2v) is 18.5. The summed E-state index contributed by atoms with van der Waals surface area (Å²) in [6.45, 7) is 3.64. The number of unbranched alkanes of at least 4 members (excludes halogenated alkanes) is 33. The van der Waals surface area contributed by atoms with Crippen molar-refractivity contribution in [3.63, 3.8) is 0 Å². The zero-order valence-corrected chi connectivity index (χ0v) is 39.1. The Morgan fingerprint density at radius 2 is 0.867 bits per heavy atom. The molecule has 2 unspecified atom stereocenters. The Balaban J connectivity index is 2.31. The highest BCUT2D eigenvalue weighted by molar-refractivity contribution is 5.76. The smallest absolute Gasteiger partial charge is 0.220 e. The monoisotopic (exact) mass is 858 g/mol. The summed E-state index contributed by atoms with van der Waals surface area (Å²) in [6.07, 6.45) is 35.3. The fourth-order valence-electron chi connectivity index (χ4n) is 8.61. The van der Waals surface area contributed by atoms with Crippen LogP contribution < -0.4 is 5.32 Å². The molecule has 0 aromatic rings. The second-order valence-electron chi connectivity index (χ2n) is 18.5. The molecule has 60 heavy (non-hydrogen) atoms. The molecule has 0 radical (unpaired) electrons. The van der Waals surface area contributed by atoms with E-state index in [2.05, 4.69) is 19.2 Å². The quantitative estimate of drug-likeness (QED) is 0.0295. The van der Waals surface area contributed by atoms with Crippen LogP contribution in [0.1, 0.15) is 251 Å². The third-order valence-corrected chi connectivity index (χ3v) is 12.8. The summed E-state index contributed by atoms with van der Waals surface area (Å²) in [5, 5.41) is 65.3. The lowest BCUT2D eigenvalue weighted by molar-refractivity contribution is -0.303. The topological polar surface area (TPSA) is 169 Å². The molecule has 1 rings (SSSR count). The summed E-state index contributed by atoms with van der Waals surface area (Å²) in [5.41, 5.74) is 0. The van der Waals surface area contributed by atoms with E-state index in [1.807, 2.05) is 0 Å². The molecule has 10 heteroatoms. The van der Waals surface area contributed by atoms with E-state index in [1.54, 1.807) is 0 Å². The van der Waals surface area contributed by atoms with E-state index in [-0.39, 0.29) is 18.9 Å². The van der Waals surface area contributed by atoms with Gasteiger partial charge in [-0.1, -0.05) is 232 Å². The van der Waals surface area contributed by atoms with Crippen LogP contribution in [0.3, 0.4) is 0 Å². The van der Waals surface area contributed by atoms with Gasteiger partial charge in [-0.25, -0.2) is 0 Å². The van der Waals surface area contributed by atoms with Crippen molar-refractivity contribution in [1.82, 2.24) is 5.32 Å². The maximum atomic E-state index is 13.0. The van der Waals surface area contributed by atoms with Crippen LogP contribution in [0, 0.1) is 0 Å². The molecule has 1 saturated heterocycles. The van der Waals surface area contributed by atoms with Gasteiger partial charge in [0.1, 0.15) is 30.5 Å². The van der Waals surface area contributed by atoms with Crippen LogP contribution >= 0.6 is 0 Å². The zero-order chi connectivity index (χ0) is 43.9. The number of amides is 1. The van der Waals surface area contributed by atoms with E-state index >= 15 is 0 Å². The normalized spacial score (nSPS) is 21.0. The molecule has 1 heterocycles.